The average molecular weight is 215 g/mol. The molecule has 1 rings (SSSR count). The van der Waals surface area contributed by atoms with Gasteiger partial charge < -0.3 is 5.32 Å². The monoisotopic (exact) mass is 215 g/mol. The summed E-state index contributed by atoms with van der Waals surface area (Å²) in [6, 6.07) is 9.67. The molecular formula is C14H17NO. The van der Waals surface area contributed by atoms with Crippen LogP contribution in [0.3, 0.4) is 0 Å². The summed E-state index contributed by atoms with van der Waals surface area (Å²) in [5.41, 5.74) is 1.05. The molecule has 0 aliphatic heterocycles. The number of nitrogens with one attached hydrogen (secondary N) is 1. The molecule has 0 fully saturated rings. The summed E-state index contributed by atoms with van der Waals surface area (Å²) in [7, 11) is 0. The molecule has 1 atom stereocenters. The first-order chi connectivity index (χ1) is 7.77. The third kappa shape index (κ3) is 3.73. The lowest BCUT2D eigenvalue weighted by atomic mass is 10.1. The van der Waals surface area contributed by atoms with Gasteiger partial charge in [0.2, 0.25) is 5.91 Å². The highest BCUT2D eigenvalue weighted by Gasteiger charge is 2.09. The van der Waals surface area contributed by atoms with Gasteiger partial charge in [-0.05, 0) is 12.0 Å². The van der Waals surface area contributed by atoms with Crippen LogP contribution in [0.2, 0.25) is 0 Å². The van der Waals surface area contributed by atoms with Crippen LogP contribution >= 0.6 is 0 Å². The first-order valence-electron chi connectivity index (χ1n) is 5.35. The van der Waals surface area contributed by atoms with E-state index in [2.05, 4.69) is 18.5 Å². The molecule has 1 N–H and O–H groups in total. The van der Waals surface area contributed by atoms with Crippen LogP contribution in [-0.4, -0.2) is 5.91 Å². The summed E-state index contributed by atoms with van der Waals surface area (Å²) in [6.07, 6.45) is 4.65. The number of benzene rings is 1. The van der Waals surface area contributed by atoms with Crippen LogP contribution in [0.25, 0.3) is 0 Å². The van der Waals surface area contributed by atoms with E-state index < -0.39 is 0 Å². The second kappa shape index (κ2) is 6.62. The topological polar surface area (TPSA) is 29.1 Å². The van der Waals surface area contributed by atoms with E-state index in [1.165, 1.54) is 0 Å². The van der Waals surface area contributed by atoms with Crippen LogP contribution in [0.4, 0.5) is 0 Å². The molecule has 0 radical (unpaired) electrons. The third-order valence-corrected chi connectivity index (χ3v) is 2.29. The minimum Gasteiger partial charge on any atom is -0.346 e. The van der Waals surface area contributed by atoms with Crippen molar-refractivity contribution < 1.29 is 4.79 Å². The standard InChI is InChI=1S/C14H17NO/c1-3-5-11-14(16)15-13(4-2)12-9-7-6-8-10-12/h3-4,6-10,13H,1-2,5,11H2,(H,15,16). The lowest BCUT2D eigenvalue weighted by Gasteiger charge is -2.14. The quantitative estimate of drug-likeness (QED) is 0.726. The summed E-state index contributed by atoms with van der Waals surface area (Å²) in [4.78, 5) is 11.5. The second-order valence-electron chi connectivity index (χ2n) is 3.52. The third-order valence-electron chi connectivity index (χ3n) is 2.29. The predicted molar refractivity (Wildman–Crippen MR) is 67.0 cm³/mol. The molecule has 16 heavy (non-hydrogen) atoms. The van der Waals surface area contributed by atoms with Crippen LogP contribution in [0.1, 0.15) is 24.4 Å². The van der Waals surface area contributed by atoms with Crippen molar-refractivity contribution >= 4 is 5.91 Å². The van der Waals surface area contributed by atoms with Gasteiger partial charge in [-0.3, -0.25) is 4.79 Å². The van der Waals surface area contributed by atoms with Gasteiger partial charge in [-0.25, -0.2) is 0 Å². The fourth-order valence-electron chi connectivity index (χ4n) is 1.42. The van der Waals surface area contributed by atoms with Crippen molar-refractivity contribution in [2.24, 2.45) is 0 Å². The Morgan fingerprint density at radius 2 is 2.00 bits per heavy atom. The number of carbonyl (C=O) groups excluding carboxylic acids is 1. The summed E-state index contributed by atoms with van der Waals surface area (Å²) in [5, 5.41) is 2.91. The van der Waals surface area contributed by atoms with Crippen molar-refractivity contribution in [3.05, 3.63) is 61.2 Å². The normalized spacial score (nSPS) is 11.5. The van der Waals surface area contributed by atoms with E-state index in [-0.39, 0.29) is 11.9 Å². The van der Waals surface area contributed by atoms with Crippen LogP contribution in [-0.2, 0) is 4.79 Å². The number of hydrogen-bond acceptors (Lipinski definition) is 1. The van der Waals surface area contributed by atoms with Crippen LogP contribution in [0.15, 0.2) is 55.6 Å². The van der Waals surface area contributed by atoms with E-state index in [1.807, 2.05) is 30.3 Å². The molecule has 2 heteroatoms. The molecule has 0 heterocycles. The molecule has 1 amide bonds. The molecule has 0 saturated heterocycles. The van der Waals surface area contributed by atoms with E-state index >= 15 is 0 Å². The highest BCUT2D eigenvalue weighted by atomic mass is 16.1. The maximum atomic E-state index is 11.5. The molecule has 0 saturated carbocycles. The van der Waals surface area contributed by atoms with Gasteiger partial charge in [0.15, 0.2) is 0 Å². The molecule has 1 unspecified atom stereocenters. The zero-order chi connectivity index (χ0) is 11.8. The number of allylic oxidation sites excluding steroid dienone is 1. The Kier molecular flexibility index (Phi) is 5.06. The molecular weight excluding hydrogens is 198 g/mol. The van der Waals surface area contributed by atoms with Crippen molar-refractivity contribution in [1.82, 2.24) is 5.32 Å². The van der Waals surface area contributed by atoms with E-state index in [9.17, 15) is 4.79 Å². The zero-order valence-corrected chi connectivity index (χ0v) is 9.36. The van der Waals surface area contributed by atoms with Crippen molar-refractivity contribution in [1.29, 1.82) is 0 Å². The van der Waals surface area contributed by atoms with Crippen molar-refractivity contribution in [3.63, 3.8) is 0 Å². The lowest BCUT2D eigenvalue weighted by molar-refractivity contribution is -0.121. The van der Waals surface area contributed by atoms with Crippen LogP contribution in [0.5, 0.6) is 0 Å². The predicted octanol–water partition coefficient (Wildman–Crippen LogP) is 3.00. The Morgan fingerprint density at radius 1 is 1.31 bits per heavy atom. The van der Waals surface area contributed by atoms with E-state index in [4.69, 9.17) is 0 Å². The van der Waals surface area contributed by atoms with Crippen molar-refractivity contribution in [2.75, 3.05) is 0 Å². The first kappa shape index (κ1) is 12.2. The Hall–Kier alpha value is -1.83. The fourth-order valence-corrected chi connectivity index (χ4v) is 1.42. The van der Waals surface area contributed by atoms with Crippen molar-refractivity contribution in [2.45, 2.75) is 18.9 Å². The fraction of sp³-hybridized carbons (Fsp3) is 0.214. The van der Waals surface area contributed by atoms with Crippen LogP contribution in [0, 0.1) is 0 Å². The molecule has 0 bridgehead atoms. The van der Waals surface area contributed by atoms with Crippen LogP contribution < -0.4 is 5.32 Å². The maximum Gasteiger partial charge on any atom is 0.221 e. The molecule has 1 aromatic rings. The minimum absolute atomic E-state index is 0.0219. The Bertz CT molecular complexity index is 356. The van der Waals surface area contributed by atoms with Gasteiger partial charge in [0, 0.05) is 6.42 Å². The Balaban J connectivity index is 2.59. The maximum absolute atomic E-state index is 11.5. The number of carbonyl (C=O) groups is 1. The smallest absolute Gasteiger partial charge is 0.221 e. The van der Waals surface area contributed by atoms with Gasteiger partial charge in [-0.1, -0.05) is 42.5 Å². The second-order valence-corrected chi connectivity index (χ2v) is 3.52. The minimum atomic E-state index is -0.112. The average Bonchev–Trinajstić information content (AvgIpc) is 2.34. The van der Waals surface area contributed by atoms with Gasteiger partial charge >= 0.3 is 0 Å². The molecule has 84 valence electrons. The molecule has 0 aromatic heterocycles. The SMILES string of the molecule is C=CCCC(=O)NC(C=C)c1ccccc1. The summed E-state index contributed by atoms with van der Waals surface area (Å²) < 4.78 is 0. The molecule has 0 spiro atoms. The molecule has 1 aromatic carbocycles. The van der Waals surface area contributed by atoms with Gasteiger partial charge in [0.25, 0.3) is 0 Å². The molecule has 2 nitrogen and oxygen atoms in total. The Labute approximate surface area is 96.7 Å². The summed E-state index contributed by atoms with van der Waals surface area (Å²) in [5.74, 6) is 0.0219. The lowest BCUT2D eigenvalue weighted by Crippen LogP contribution is -2.26. The summed E-state index contributed by atoms with van der Waals surface area (Å²) in [6.45, 7) is 7.33. The van der Waals surface area contributed by atoms with E-state index in [0.29, 0.717) is 12.8 Å². The molecule has 0 aliphatic carbocycles. The van der Waals surface area contributed by atoms with Gasteiger partial charge in [-0.2, -0.15) is 0 Å². The number of amides is 1. The van der Waals surface area contributed by atoms with E-state index in [1.54, 1.807) is 12.2 Å². The number of hydrogen-bond donors (Lipinski definition) is 1. The highest BCUT2D eigenvalue weighted by molar-refractivity contribution is 5.76. The largest absolute Gasteiger partial charge is 0.346 e. The van der Waals surface area contributed by atoms with Gasteiger partial charge in [-0.15, -0.1) is 13.2 Å². The first-order valence-corrected chi connectivity index (χ1v) is 5.35. The summed E-state index contributed by atoms with van der Waals surface area (Å²) >= 11 is 0. The van der Waals surface area contributed by atoms with Gasteiger partial charge in [0.1, 0.15) is 0 Å². The number of rotatable bonds is 6. The Morgan fingerprint density at radius 3 is 2.56 bits per heavy atom. The van der Waals surface area contributed by atoms with E-state index in [0.717, 1.165) is 5.56 Å². The highest BCUT2D eigenvalue weighted by Crippen LogP contribution is 2.13. The molecule has 0 aliphatic rings. The van der Waals surface area contributed by atoms with Gasteiger partial charge in [0.05, 0.1) is 6.04 Å². The zero-order valence-electron chi connectivity index (χ0n) is 9.36. The van der Waals surface area contributed by atoms with Crippen molar-refractivity contribution in [3.8, 4) is 0 Å².